The van der Waals surface area contributed by atoms with Crippen LogP contribution >= 0.6 is 0 Å². The van der Waals surface area contributed by atoms with Crippen LogP contribution in [0.2, 0.25) is 0 Å². The Bertz CT molecular complexity index is 987. The van der Waals surface area contributed by atoms with Crippen LogP contribution in [0.1, 0.15) is 11.3 Å². The summed E-state index contributed by atoms with van der Waals surface area (Å²) in [5.41, 5.74) is 3.51. The molecular formula is C21H24N4O. The molecule has 2 heterocycles. The fourth-order valence-corrected chi connectivity index (χ4v) is 3.74. The molecule has 0 aliphatic carbocycles. The molecule has 134 valence electrons. The molecule has 0 amide bonds. The lowest BCUT2D eigenvalue weighted by Crippen LogP contribution is -2.48. The van der Waals surface area contributed by atoms with E-state index in [-0.39, 0.29) is 5.56 Å². The molecule has 0 saturated carbocycles. The molecule has 1 saturated heterocycles. The number of nitrogens with zero attached hydrogens (tertiary/aromatic N) is 4. The zero-order chi connectivity index (χ0) is 18.1. The van der Waals surface area contributed by atoms with Crippen LogP contribution in [0.25, 0.3) is 10.8 Å². The Morgan fingerprint density at radius 1 is 0.885 bits per heavy atom. The van der Waals surface area contributed by atoms with Crippen molar-refractivity contribution in [3.8, 4) is 0 Å². The molecule has 1 aliphatic heterocycles. The van der Waals surface area contributed by atoms with Crippen molar-refractivity contribution in [1.29, 1.82) is 0 Å². The summed E-state index contributed by atoms with van der Waals surface area (Å²) in [4.78, 5) is 17.5. The van der Waals surface area contributed by atoms with Crippen molar-refractivity contribution in [2.75, 3.05) is 31.1 Å². The Labute approximate surface area is 153 Å². The fraction of sp³-hybridized carbons (Fsp3) is 0.333. The summed E-state index contributed by atoms with van der Waals surface area (Å²) in [6.07, 6.45) is 0. The van der Waals surface area contributed by atoms with E-state index in [1.165, 1.54) is 11.3 Å². The summed E-state index contributed by atoms with van der Waals surface area (Å²) in [6, 6.07) is 16.2. The fourth-order valence-electron chi connectivity index (χ4n) is 3.74. The minimum Gasteiger partial charge on any atom is -0.369 e. The van der Waals surface area contributed by atoms with Crippen LogP contribution in [0.15, 0.2) is 53.3 Å². The first-order chi connectivity index (χ1) is 12.6. The van der Waals surface area contributed by atoms with Crippen LogP contribution in [0.3, 0.4) is 0 Å². The summed E-state index contributed by atoms with van der Waals surface area (Å²) in [6.45, 7) is 8.45. The van der Waals surface area contributed by atoms with Crippen LogP contribution in [0.4, 0.5) is 5.69 Å². The van der Waals surface area contributed by atoms with Crippen LogP contribution < -0.4 is 10.5 Å². The number of anilines is 1. The number of para-hydroxylation sites is 1. The van der Waals surface area contributed by atoms with Gasteiger partial charge in [-0.1, -0.05) is 36.4 Å². The predicted molar refractivity (Wildman–Crippen MR) is 106 cm³/mol. The molecule has 0 atom stereocenters. The van der Waals surface area contributed by atoms with E-state index in [1.807, 2.05) is 31.2 Å². The van der Waals surface area contributed by atoms with E-state index in [4.69, 9.17) is 0 Å². The summed E-state index contributed by atoms with van der Waals surface area (Å²) in [5.74, 6) is 0. The maximum absolute atomic E-state index is 12.7. The summed E-state index contributed by atoms with van der Waals surface area (Å²) < 4.78 is 1.61. The van der Waals surface area contributed by atoms with Crippen molar-refractivity contribution >= 4 is 16.5 Å². The van der Waals surface area contributed by atoms with Gasteiger partial charge in [-0.25, -0.2) is 4.68 Å². The average Bonchev–Trinajstić information content (AvgIpc) is 2.67. The van der Waals surface area contributed by atoms with Gasteiger partial charge in [0.05, 0.1) is 17.7 Å². The zero-order valence-electron chi connectivity index (χ0n) is 15.4. The topological polar surface area (TPSA) is 41.4 Å². The van der Waals surface area contributed by atoms with E-state index in [1.54, 1.807) is 4.68 Å². The molecule has 0 bridgehead atoms. The lowest BCUT2D eigenvalue weighted by Gasteiger charge is -2.36. The Morgan fingerprint density at radius 2 is 1.54 bits per heavy atom. The number of aryl methyl sites for hydroxylation is 2. The molecule has 2 aromatic carbocycles. The van der Waals surface area contributed by atoms with Crippen molar-refractivity contribution in [2.45, 2.75) is 20.5 Å². The largest absolute Gasteiger partial charge is 0.369 e. The highest BCUT2D eigenvalue weighted by Gasteiger charge is 2.19. The van der Waals surface area contributed by atoms with Gasteiger partial charge in [0.25, 0.3) is 5.56 Å². The van der Waals surface area contributed by atoms with Crippen molar-refractivity contribution in [3.63, 3.8) is 0 Å². The average molecular weight is 348 g/mol. The molecule has 0 unspecified atom stereocenters. The van der Waals surface area contributed by atoms with E-state index >= 15 is 0 Å². The Balaban J connectivity index is 1.50. The molecule has 1 aliphatic rings. The van der Waals surface area contributed by atoms with Gasteiger partial charge < -0.3 is 4.90 Å². The predicted octanol–water partition coefficient (Wildman–Crippen LogP) is 2.79. The minimum atomic E-state index is -0.00691. The van der Waals surface area contributed by atoms with Crippen molar-refractivity contribution in [1.82, 2.24) is 14.7 Å². The summed E-state index contributed by atoms with van der Waals surface area (Å²) in [7, 11) is 0. The lowest BCUT2D eigenvalue weighted by atomic mass is 10.1. The number of piperazine rings is 1. The second-order valence-corrected chi connectivity index (χ2v) is 6.97. The van der Waals surface area contributed by atoms with Gasteiger partial charge >= 0.3 is 0 Å². The number of benzene rings is 2. The van der Waals surface area contributed by atoms with E-state index in [0.717, 1.165) is 42.6 Å². The van der Waals surface area contributed by atoms with Crippen molar-refractivity contribution in [3.05, 3.63) is 70.1 Å². The van der Waals surface area contributed by atoms with E-state index in [9.17, 15) is 4.79 Å². The molecule has 3 aromatic rings. The molecule has 26 heavy (non-hydrogen) atoms. The second-order valence-electron chi connectivity index (χ2n) is 6.97. The van der Waals surface area contributed by atoms with Crippen molar-refractivity contribution < 1.29 is 0 Å². The van der Waals surface area contributed by atoms with Gasteiger partial charge in [0.15, 0.2) is 0 Å². The van der Waals surface area contributed by atoms with Gasteiger partial charge in [-0.05, 0) is 31.5 Å². The Kier molecular flexibility index (Phi) is 4.47. The van der Waals surface area contributed by atoms with Crippen LogP contribution in [0, 0.1) is 13.8 Å². The number of fused-ring (bicyclic) bond motifs is 1. The molecule has 1 aromatic heterocycles. The van der Waals surface area contributed by atoms with Gasteiger partial charge in [0, 0.05) is 37.3 Å². The Hall–Kier alpha value is -2.66. The van der Waals surface area contributed by atoms with E-state index in [2.05, 4.69) is 46.1 Å². The molecular weight excluding hydrogens is 324 g/mol. The number of aromatic nitrogens is 2. The standard InChI is InChI=1S/C21H24N4O/c1-16-7-3-6-10-20(16)24-13-11-23(12-14-24)15-25-21(26)19-9-5-4-8-18(19)17(2)22-25/h3-10H,11-15H2,1-2H3. The first-order valence-electron chi connectivity index (χ1n) is 9.13. The first-order valence-corrected chi connectivity index (χ1v) is 9.13. The third-order valence-corrected chi connectivity index (χ3v) is 5.21. The zero-order valence-corrected chi connectivity index (χ0v) is 15.4. The van der Waals surface area contributed by atoms with Gasteiger partial charge in [-0.2, -0.15) is 5.10 Å². The van der Waals surface area contributed by atoms with Crippen LogP contribution in [-0.2, 0) is 6.67 Å². The monoisotopic (exact) mass is 348 g/mol. The maximum atomic E-state index is 12.7. The molecule has 0 N–H and O–H groups in total. The third-order valence-electron chi connectivity index (χ3n) is 5.21. The van der Waals surface area contributed by atoms with Gasteiger partial charge in [0.2, 0.25) is 0 Å². The van der Waals surface area contributed by atoms with E-state index < -0.39 is 0 Å². The lowest BCUT2D eigenvalue weighted by molar-refractivity contribution is 0.191. The number of hydrogen-bond donors (Lipinski definition) is 0. The SMILES string of the molecule is Cc1ccccc1N1CCN(Cn2nc(C)c3ccccc3c2=O)CC1. The van der Waals surface area contributed by atoms with Crippen LogP contribution in [0.5, 0.6) is 0 Å². The molecule has 5 nitrogen and oxygen atoms in total. The molecule has 0 spiro atoms. The normalized spacial score (nSPS) is 15.5. The molecule has 5 heteroatoms. The summed E-state index contributed by atoms with van der Waals surface area (Å²) >= 11 is 0. The minimum absolute atomic E-state index is 0.00691. The summed E-state index contributed by atoms with van der Waals surface area (Å²) in [5, 5.41) is 6.23. The quantitative estimate of drug-likeness (QED) is 0.730. The Morgan fingerprint density at radius 3 is 2.27 bits per heavy atom. The number of rotatable bonds is 3. The maximum Gasteiger partial charge on any atom is 0.275 e. The van der Waals surface area contributed by atoms with E-state index in [0.29, 0.717) is 6.67 Å². The first kappa shape index (κ1) is 16.8. The second kappa shape index (κ2) is 6.92. The number of hydrogen-bond acceptors (Lipinski definition) is 4. The highest BCUT2D eigenvalue weighted by molar-refractivity contribution is 5.83. The highest BCUT2D eigenvalue weighted by atomic mass is 16.1. The third kappa shape index (κ3) is 3.10. The smallest absolute Gasteiger partial charge is 0.275 e. The van der Waals surface area contributed by atoms with Crippen LogP contribution in [-0.4, -0.2) is 40.9 Å². The highest BCUT2D eigenvalue weighted by Crippen LogP contribution is 2.21. The molecule has 1 fully saturated rings. The molecule has 0 radical (unpaired) electrons. The van der Waals surface area contributed by atoms with Gasteiger partial charge in [-0.15, -0.1) is 0 Å². The van der Waals surface area contributed by atoms with Gasteiger partial charge in [-0.3, -0.25) is 9.69 Å². The van der Waals surface area contributed by atoms with Gasteiger partial charge in [0.1, 0.15) is 0 Å². The molecule has 4 rings (SSSR count). The van der Waals surface area contributed by atoms with Crippen molar-refractivity contribution in [2.24, 2.45) is 0 Å².